The molecule has 0 radical (unpaired) electrons. The Morgan fingerprint density at radius 3 is 2.56 bits per heavy atom. The van der Waals surface area contributed by atoms with Crippen molar-refractivity contribution >= 4 is 35.8 Å². The van der Waals surface area contributed by atoms with Gasteiger partial charge in [-0.2, -0.15) is 13.2 Å². The van der Waals surface area contributed by atoms with E-state index in [0.29, 0.717) is 25.6 Å². The van der Waals surface area contributed by atoms with Crippen molar-refractivity contribution < 1.29 is 13.2 Å². The highest BCUT2D eigenvalue weighted by atomic mass is 127. The van der Waals surface area contributed by atoms with Crippen molar-refractivity contribution in [2.45, 2.75) is 19.6 Å². The molecule has 2 aromatic rings. The average molecular weight is 496 g/mol. The van der Waals surface area contributed by atoms with Crippen LogP contribution in [0.15, 0.2) is 47.8 Å². The van der Waals surface area contributed by atoms with E-state index in [-0.39, 0.29) is 36.3 Å². The number of alkyl halides is 3. The molecule has 2 heterocycles. The number of anilines is 1. The maximum Gasteiger partial charge on any atom is 0.419 e. The minimum Gasteiger partial charge on any atom is -0.368 e. The molecule has 2 aromatic heterocycles. The number of hydrogen-bond donors (Lipinski definition) is 3. The molecule has 0 atom stereocenters. The first-order valence-electron chi connectivity index (χ1n) is 8.39. The molecule has 0 spiro atoms. The maximum atomic E-state index is 12.9. The summed E-state index contributed by atoms with van der Waals surface area (Å²) < 4.78 is 40.8. The summed E-state index contributed by atoms with van der Waals surface area (Å²) in [7, 11) is 0. The number of aliphatic imine (C=N–C) groups is 1. The number of nitrogens with one attached hydrogen (secondary N) is 3. The van der Waals surface area contributed by atoms with E-state index < -0.39 is 11.7 Å². The van der Waals surface area contributed by atoms with Crippen molar-refractivity contribution in [1.29, 1.82) is 0 Å². The van der Waals surface area contributed by atoms with E-state index in [2.05, 4.69) is 25.9 Å². The Kier molecular flexibility index (Phi) is 9.97. The summed E-state index contributed by atoms with van der Waals surface area (Å²) in [6, 6.07) is 6.19. The molecule has 0 amide bonds. The van der Waals surface area contributed by atoms with Crippen LogP contribution >= 0.6 is 24.0 Å². The highest BCUT2D eigenvalue weighted by molar-refractivity contribution is 14.0. The van der Waals surface area contributed by atoms with Gasteiger partial charge in [-0.3, -0.25) is 4.99 Å². The van der Waals surface area contributed by atoms with E-state index in [1.54, 1.807) is 0 Å². The van der Waals surface area contributed by atoms with E-state index in [4.69, 9.17) is 0 Å². The van der Waals surface area contributed by atoms with Crippen molar-refractivity contribution in [1.82, 2.24) is 20.2 Å². The minimum atomic E-state index is -4.44. The Bertz CT molecular complexity index is 688. The van der Waals surface area contributed by atoms with Gasteiger partial charge in [0.2, 0.25) is 0 Å². The molecular formula is C17H24F3IN6. The standard InChI is InChI=1S/C17H23F3N6.HI/c1-2-21-16(25-10-13-26-11-3-4-12-26)24-9-8-23-15-14(17(18,19)20)6-5-7-22-15;/h3-7,11-12H,2,8-10,13H2,1H3,(H,22,23)(H2,21,24,25);1H. The summed E-state index contributed by atoms with van der Waals surface area (Å²) in [6.07, 6.45) is 0.837. The summed E-state index contributed by atoms with van der Waals surface area (Å²) in [5.74, 6) is 0.444. The van der Waals surface area contributed by atoms with Crippen LogP contribution in [0.3, 0.4) is 0 Å². The van der Waals surface area contributed by atoms with Crippen LogP contribution in [-0.2, 0) is 12.7 Å². The molecule has 150 valence electrons. The second kappa shape index (κ2) is 11.7. The predicted octanol–water partition coefficient (Wildman–Crippen LogP) is 3.19. The SMILES string of the molecule is CCNC(=NCCNc1ncccc1C(F)(F)F)NCCn1cccc1.I. The van der Waals surface area contributed by atoms with Gasteiger partial charge in [0, 0.05) is 44.8 Å². The van der Waals surface area contributed by atoms with E-state index in [1.807, 2.05) is 36.0 Å². The minimum absolute atomic E-state index is 0. The smallest absolute Gasteiger partial charge is 0.368 e. The fourth-order valence-electron chi connectivity index (χ4n) is 2.28. The van der Waals surface area contributed by atoms with Crippen LogP contribution in [0.4, 0.5) is 19.0 Å². The van der Waals surface area contributed by atoms with E-state index in [9.17, 15) is 13.2 Å². The topological polar surface area (TPSA) is 66.3 Å². The van der Waals surface area contributed by atoms with Gasteiger partial charge in [0.25, 0.3) is 0 Å². The number of nitrogens with zero attached hydrogens (tertiary/aromatic N) is 3. The van der Waals surface area contributed by atoms with Gasteiger partial charge >= 0.3 is 6.18 Å². The van der Waals surface area contributed by atoms with Crippen LogP contribution in [0.25, 0.3) is 0 Å². The number of rotatable bonds is 8. The van der Waals surface area contributed by atoms with Gasteiger partial charge < -0.3 is 20.5 Å². The Morgan fingerprint density at radius 2 is 1.89 bits per heavy atom. The molecule has 0 aliphatic heterocycles. The monoisotopic (exact) mass is 496 g/mol. The third-order valence-electron chi connectivity index (χ3n) is 3.46. The highest BCUT2D eigenvalue weighted by Gasteiger charge is 2.33. The second-order valence-electron chi connectivity index (χ2n) is 5.43. The number of pyridine rings is 1. The number of aromatic nitrogens is 2. The molecule has 0 unspecified atom stereocenters. The van der Waals surface area contributed by atoms with E-state index in [0.717, 1.165) is 12.6 Å². The van der Waals surface area contributed by atoms with Crippen molar-refractivity contribution in [3.8, 4) is 0 Å². The first kappa shape index (κ1) is 23.1. The summed E-state index contributed by atoms with van der Waals surface area (Å²) in [5.41, 5.74) is -0.777. The molecule has 0 saturated heterocycles. The van der Waals surface area contributed by atoms with Gasteiger partial charge in [-0.25, -0.2) is 4.98 Å². The highest BCUT2D eigenvalue weighted by Crippen LogP contribution is 2.33. The molecule has 0 aliphatic rings. The maximum absolute atomic E-state index is 12.9. The molecule has 0 fully saturated rings. The van der Waals surface area contributed by atoms with Gasteiger partial charge in [-0.15, -0.1) is 24.0 Å². The van der Waals surface area contributed by atoms with Crippen LogP contribution in [-0.4, -0.2) is 41.7 Å². The second-order valence-corrected chi connectivity index (χ2v) is 5.43. The van der Waals surface area contributed by atoms with Gasteiger partial charge in [-0.1, -0.05) is 0 Å². The molecule has 6 nitrogen and oxygen atoms in total. The van der Waals surface area contributed by atoms with Crippen LogP contribution in [0.1, 0.15) is 12.5 Å². The number of halogens is 4. The zero-order valence-electron chi connectivity index (χ0n) is 15.0. The molecule has 2 rings (SSSR count). The molecule has 0 bridgehead atoms. The first-order valence-corrected chi connectivity index (χ1v) is 8.39. The Labute approximate surface area is 173 Å². The van der Waals surface area contributed by atoms with Crippen molar-refractivity contribution in [3.05, 3.63) is 48.4 Å². The predicted molar refractivity (Wildman–Crippen MR) is 112 cm³/mol. The average Bonchev–Trinajstić information content (AvgIpc) is 3.11. The molecule has 0 saturated carbocycles. The van der Waals surface area contributed by atoms with Crippen LogP contribution in [0.2, 0.25) is 0 Å². The lowest BCUT2D eigenvalue weighted by Crippen LogP contribution is -2.39. The number of guanidine groups is 1. The third kappa shape index (κ3) is 8.06. The van der Waals surface area contributed by atoms with Gasteiger partial charge in [-0.05, 0) is 31.2 Å². The lowest BCUT2D eigenvalue weighted by Gasteiger charge is -2.13. The summed E-state index contributed by atoms with van der Waals surface area (Å²) in [6.45, 7) is 4.68. The Balaban J connectivity index is 0.00000364. The molecule has 10 heteroatoms. The normalized spacial score (nSPS) is 11.6. The van der Waals surface area contributed by atoms with Crippen molar-refractivity contribution in [2.24, 2.45) is 4.99 Å². The molecule has 27 heavy (non-hydrogen) atoms. The lowest BCUT2D eigenvalue weighted by molar-refractivity contribution is -0.137. The Morgan fingerprint density at radius 1 is 1.15 bits per heavy atom. The zero-order valence-corrected chi connectivity index (χ0v) is 17.3. The summed E-state index contributed by atoms with van der Waals surface area (Å²) >= 11 is 0. The summed E-state index contributed by atoms with van der Waals surface area (Å²) in [4.78, 5) is 8.12. The van der Waals surface area contributed by atoms with Gasteiger partial charge in [0.15, 0.2) is 5.96 Å². The fourth-order valence-corrected chi connectivity index (χ4v) is 2.28. The van der Waals surface area contributed by atoms with Crippen molar-refractivity contribution in [3.63, 3.8) is 0 Å². The Hall–Kier alpha value is -1.98. The van der Waals surface area contributed by atoms with Gasteiger partial charge in [0.1, 0.15) is 5.82 Å². The fraction of sp³-hybridized carbons (Fsp3) is 0.412. The molecular weight excluding hydrogens is 472 g/mol. The van der Waals surface area contributed by atoms with Gasteiger partial charge in [0.05, 0.1) is 12.1 Å². The quantitative estimate of drug-likeness (QED) is 0.228. The van der Waals surface area contributed by atoms with Crippen LogP contribution in [0.5, 0.6) is 0 Å². The molecule has 3 N–H and O–H groups in total. The first-order chi connectivity index (χ1) is 12.5. The van der Waals surface area contributed by atoms with Crippen LogP contribution < -0.4 is 16.0 Å². The molecule has 0 aromatic carbocycles. The zero-order chi connectivity index (χ0) is 18.8. The largest absolute Gasteiger partial charge is 0.419 e. The number of hydrogen-bond acceptors (Lipinski definition) is 3. The van der Waals surface area contributed by atoms with E-state index >= 15 is 0 Å². The molecule has 0 aliphatic carbocycles. The lowest BCUT2D eigenvalue weighted by atomic mass is 10.2. The van der Waals surface area contributed by atoms with E-state index in [1.165, 1.54) is 12.3 Å². The van der Waals surface area contributed by atoms with Crippen molar-refractivity contribution in [2.75, 3.05) is 31.5 Å². The third-order valence-corrected chi connectivity index (χ3v) is 3.46. The summed E-state index contributed by atoms with van der Waals surface area (Å²) in [5, 5.41) is 8.99. The van der Waals surface area contributed by atoms with Crippen LogP contribution in [0, 0.1) is 0 Å².